The lowest BCUT2D eigenvalue weighted by molar-refractivity contribution is -0.141. The molecule has 0 bridgehead atoms. The first-order chi connectivity index (χ1) is 10.3. The van der Waals surface area contributed by atoms with E-state index in [4.69, 9.17) is 0 Å². The van der Waals surface area contributed by atoms with Crippen molar-refractivity contribution in [2.45, 2.75) is 11.8 Å². The van der Waals surface area contributed by atoms with Gasteiger partial charge in [0.2, 0.25) is 15.9 Å². The number of methoxy groups -OCH3 is 1. The molecule has 1 aromatic carbocycles. The average Bonchev–Trinajstić information content (AvgIpc) is 2.50. The van der Waals surface area contributed by atoms with Crippen molar-refractivity contribution in [3.8, 4) is 0 Å². The molecule has 0 spiro atoms. The van der Waals surface area contributed by atoms with Gasteiger partial charge in [0, 0.05) is 5.56 Å². The second-order valence-corrected chi connectivity index (χ2v) is 6.02. The molecule has 0 aliphatic heterocycles. The third kappa shape index (κ3) is 5.26. The molecule has 22 heavy (non-hydrogen) atoms. The summed E-state index contributed by atoms with van der Waals surface area (Å²) < 4.78 is 30.3. The number of Topliss-reactive ketones (excluding diaryl/α,β-unsaturated/α-hetero) is 1. The van der Waals surface area contributed by atoms with E-state index in [1.807, 2.05) is 0 Å². The van der Waals surface area contributed by atoms with Gasteiger partial charge < -0.3 is 10.1 Å². The van der Waals surface area contributed by atoms with Gasteiger partial charge in [-0.15, -0.1) is 0 Å². The maximum absolute atomic E-state index is 11.9. The molecule has 0 saturated carbocycles. The number of carbonyl (C=O) groups excluding carboxylic acids is 3. The Morgan fingerprint density at radius 1 is 1.09 bits per heavy atom. The van der Waals surface area contributed by atoms with Crippen LogP contribution in [0, 0.1) is 0 Å². The number of carbonyl (C=O) groups is 3. The second kappa shape index (κ2) is 7.66. The molecule has 0 radical (unpaired) electrons. The molecule has 8 nitrogen and oxygen atoms in total. The molecule has 9 heteroatoms. The lowest BCUT2D eigenvalue weighted by atomic mass is 10.2. The van der Waals surface area contributed by atoms with Crippen LogP contribution in [0.25, 0.3) is 0 Å². The first-order valence-electron chi connectivity index (χ1n) is 6.20. The van der Waals surface area contributed by atoms with Crippen LogP contribution in [-0.2, 0) is 24.3 Å². The molecule has 0 heterocycles. The van der Waals surface area contributed by atoms with Crippen molar-refractivity contribution < 1.29 is 27.5 Å². The minimum Gasteiger partial charge on any atom is -0.468 e. The number of esters is 1. The molecule has 120 valence electrons. The van der Waals surface area contributed by atoms with Gasteiger partial charge in [0.05, 0.1) is 18.6 Å². The van der Waals surface area contributed by atoms with Crippen molar-refractivity contribution in [1.29, 1.82) is 0 Å². The Morgan fingerprint density at radius 3 is 2.18 bits per heavy atom. The van der Waals surface area contributed by atoms with E-state index in [0.717, 1.165) is 0 Å². The van der Waals surface area contributed by atoms with E-state index >= 15 is 0 Å². The number of benzene rings is 1. The van der Waals surface area contributed by atoms with Crippen LogP contribution >= 0.6 is 0 Å². The van der Waals surface area contributed by atoms with Gasteiger partial charge in [-0.2, -0.15) is 0 Å². The minimum atomic E-state index is -3.88. The lowest BCUT2D eigenvalue weighted by Gasteiger charge is -2.07. The zero-order valence-corrected chi connectivity index (χ0v) is 12.9. The fraction of sp³-hybridized carbons (Fsp3) is 0.308. The maximum Gasteiger partial charge on any atom is 0.325 e. The van der Waals surface area contributed by atoms with Gasteiger partial charge >= 0.3 is 5.97 Å². The molecule has 1 aromatic rings. The molecule has 0 aliphatic carbocycles. The van der Waals surface area contributed by atoms with E-state index in [-0.39, 0.29) is 17.2 Å². The molecule has 0 aromatic heterocycles. The summed E-state index contributed by atoms with van der Waals surface area (Å²) in [5.74, 6) is -1.50. The van der Waals surface area contributed by atoms with E-state index in [1.165, 1.54) is 38.3 Å². The third-order valence-electron chi connectivity index (χ3n) is 2.65. The van der Waals surface area contributed by atoms with Gasteiger partial charge in [0.15, 0.2) is 5.78 Å². The Labute approximate surface area is 127 Å². The number of ketones is 1. The van der Waals surface area contributed by atoms with Crippen LogP contribution in [0.3, 0.4) is 0 Å². The summed E-state index contributed by atoms with van der Waals surface area (Å²) in [4.78, 5) is 33.3. The summed E-state index contributed by atoms with van der Waals surface area (Å²) in [7, 11) is -2.71. The first-order valence-corrected chi connectivity index (χ1v) is 7.69. The van der Waals surface area contributed by atoms with Gasteiger partial charge in [-0.1, -0.05) is 12.1 Å². The maximum atomic E-state index is 11.9. The molecule has 2 N–H and O–H groups in total. The molecule has 0 unspecified atom stereocenters. The standard InChI is InChI=1S/C13H16N2O6S/c1-9(16)10-3-5-11(6-4-10)22(19,20)15-7-12(17)14-8-13(18)21-2/h3-6,15H,7-8H2,1-2H3,(H,14,17). The van der Waals surface area contributed by atoms with Crippen LogP contribution in [0.5, 0.6) is 0 Å². The molecular weight excluding hydrogens is 312 g/mol. The van der Waals surface area contributed by atoms with Crippen molar-refractivity contribution in [1.82, 2.24) is 10.0 Å². The van der Waals surface area contributed by atoms with Gasteiger partial charge in [0.1, 0.15) is 6.54 Å². The van der Waals surface area contributed by atoms with E-state index in [9.17, 15) is 22.8 Å². The van der Waals surface area contributed by atoms with Crippen LogP contribution in [0.1, 0.15) is 17.3 Å². The lowest BCUT2D eigenvalue weighted by Crippen LogP contribution is -2.39. The van der Waals surface area contributed by atoms with Crippen molar-refractivity contribution in [3.05, 3.63) is 29.8 Å². The van der Waals surface area contributed by atoms with E-state index in [2.05, 4.69) is 14.8 Å². The van der Waals surface area contributed by atoms with Gasteiger partial charge in [-0.3, -0.25) is 14.4 Å². The summed E-state index contributed by atoms with van der Waals surface area (Å²) >= 11 is 0. The van der Waals surface area contributed by atoms with Crippen LogP contribution < -0.4 is 10.0 Å². The fourth-order valence-corrected chi connectivity index (χ4v) is 2.40. The van der Waals surface area contributed by atoms with Crippen molar-refractivity contribution in [2.75, 3.05) is 20.2 Å². The highest BCUT2D eigenvalue weighted by Gasteiger charge is 2.16. The second-order valence-electron chi connectivity index (χ2n) is 4.26. The van der Waals surface area contributed by atoms with E-state index in [1.54, 1.807) is 0 Å². The highest BCUT2D eigenvalue weighted by atomic mass is 32.2. The van der Waals surface area contributed by atoms with E-state index < -0.39 is 28.4 Å². The first kappa shape index (κ1) is 17.8. The largest absolute Gasteiger partial charge is 0.468 e. The quantitative estimate of drug-likeness (QED) is 0.512. The number of nitrogens with one attached hydrogen (secondary N) is 2. The topological polar surface area (TPSA) is 119 Å². The molecule has 0 atom stereocenters. The number of rotatable bonds is 7. The van der Waals surface area contributed by atoms with Gasteiger partial charge in [0.25, 0.3) is 0 Å². The summed E-state index contributed by atoms with van der Waals surface area (Å²) in [5, 5.41) is 2.20. The van der Waals surface area contributed by atoms with Gasteiger partial charge in [-0.25, -0.2) is 13.1 Å². The minimum absolute atomic E-state index is 0.0710. The van der Waals surface area contributed by atoms with Crippen LogP contribution in [0.15, 0.2) is 29.2 Å². The normalized spacial score (nSPS) is 10.8. The summed E-state index contributed by atoms with van der Waals surface area (Å²) in [6.07, 6.45) is 0. The van der Waals surface area contributed by atoms with Crippen LogP contribution in [0.4, 0.5) is 0 Å². The highest BCUT2D eigenvalue weighted by Crippen LogP contribution is 2.10. The van der Waals surface area contributed by atoms with Crippen molar-refractivity contribution in [2.24, 2.45) is 0 Å². The zero-order chi connectivity index (χ0) is 16.8. The Balaban J connectivity index is 2.62. The Morgan fingerprint density at radius 2 is 1.68 bits per heavy atom. The third-order valence-corrected chi connectivity index (χ3v) is 4.07. The Hall–Kier alpha value is -2.26. The summed E-state index contributed by atoms with van der Waals surface area (Å²) in [6.45, 7) is 0.506. The molecule has 1 rings (SSSR count). The summed E-state index contributed by atoms with van der Waals surface area (Å²) in [5.41, 5.74) is 0.384. The molecular formula is C13H16N2O6S. The zero-order valence-electron chi connectivity index (χ0n) is 12.1. The van der Waals surface area contributed by atoms with Crippen molar-refractivity contribution >= 4 is 27.7 Å². The SMILES string of the molecule is COC(=O)CNC(=O)CNS(=O)(=O)c1ccc(C(C)=O)cc1. The molecule has 0 aliphatic rings. The predicted molar refractivity (Wildman–Crippen MR) is 76.7 cm³/mol. The fourth-order valence-electron chi connectivity index (χ4n) is 1.42. The number of ether oxygens (including phenoxy) is 1. The van der Waals surface area contributed by atoms with Crippen molar-refractivity contribution in [3.63, 3.8) is 0 Å². The van der Waals surface area contributed by atoms with E-state index in [0.29, 0.717) is 5.56 Å². The smallest absolute Gasteiger partial charge is 0.325 e. The average molecular weight is 328 g/mol. The monoisotopic (exact) mass is 328 g/mol. The predicted octanol–water partition coefficient (Wildman–Crippen LogP) is -0.543. The number of amides is 1. The number of hydrogen-bond donors (Lipinski definition) is 2. The Bertz CT molecular complexity index is 666. The number of sulfonamides is 1. The summed E-state index contributed by atoms with van der Waals surface area (Å²) in [6, 6.07) is 5.30. The molecule has 0 saturated heterocycles. The molecule has 0 fully saturated rings. The molecule has 1 amide bonds. The van der Waals surface area contributed by atoms with Crippen LogP contribution in [0.2, 0.25) is 0 Å². The number of hydrogen-bond acceptors (Lipinski definition) is 6. The van der Waals surface area contributed by atoms with Crippen LogP contribution in [-0.4, -0.2) is 46.3 Å². The van der Waals surface area contributed by atoms with Gasteiger partial charge in [-0.05, 0) is 19.1 Å². The Kier molecular flexibility index (Phi) is 6.20. The highest BCUT2D eigenvalue weighted by molar-refractivity contribution is 7.89.